The third kappa shape index (κ3) is 5.48. The molecule has 0 bridgehead atoms. The van der Waals surface area contributed by atoms with Crippen LogP contribution in [-0.2, 0) is 0 Å². The van der Waals surface area contributed by atoms with Crippen molar-refractivity contribution in [1.29, 1.82) is 0 Å². The lowest BCUT2D eigenvalue weighted by molar-refractivity contribution is -0.275. The van der Waals surface area contributed by atoms with Gasteiger partial charge in [0.15, 0.2) is 11.6 Å². The number of hydrogen-bond donors (Lipinski definition) is 0. The predicted octanol–water partition coefficient (Wildman–Crippen LogP) is 9.15. The fraction of sp³-hybridized carbons (Fsp3) is 0.407. The lowest BCUT2D eigenvalue weighted by Crippen LogP contribution is -2.17. The summed E-state index contributed by atoms with van der Waals surface area (Å²) in [6.45, 7) is 2.22. The molecule has 6 heteroatoms. The van der Waals surface area contributed by atoms with Gasteiger partial charge >= 0.3 is 6.36 Å². The lowest BCUT2D eigenvalue weighted by atomic mass is 9.77. The van der Waals surface area contributed by atoms with Crippen LogP contribution in [-0.4, -0.2) is 6.36 Å². The number of unbranched alkanes of at least 4 members (excludes halogenated alkanes) is 1. The van der Waals surface area contributed by atoms with Crippen molar-refractivity contribution in [2.75, 3.05) is 0 Å². The molecule has 0 unspecified atom stereocenters. The topological polar surface area (TPSA) is 9.23 Å². The highest BCUT2D eigenvalue weighted by molar-refractivity contribution is 5.89. The summed E-state index contributed by atoms with van der Waals surface area (Å²) < 4.78 is 70.1. The molecule has 1 fully saturated rings. The molecule has 1 aliphatic carbocycles. The van der Waals surface area contributed by atoms with E-state index in [-0.39, 0.29) is 11.1 Å². The zero-order chi connectivity index (χ0) is 23.6. The highest BCUT2D eigenvalue weighted by Gasteiger charge is 2.32. The highest BCUT2D eigenvalue weighted by atomic mass is 19.4. The molecule has 0 amide bonds. The van der Waals surface area contributed by atoms with E-state index in [9.17, 15) is 17.6 Å². The second kappa shape index (κ2) is 9.70. The summed E-state index contributed by atoms with van der Waals surface area (Å²) in [5, 5.41) is 1.17. The Hall–Kier alpha value is -2.63. The van der Waals surface area contributed by atoms with Gasteiger partial charge in [0.25, 0.3) is 0 Å². The van der Waals surface area contributed by atoms with Crippen molar-refractivity contribution in [3.05, 3.63) is 65.7 Å². The van der Waals surface area contributed by atoms with Gasteiger partial charge in [-0.2, -0.15) is 0 Å². The standard InChI is InChI=1S/C27H27F5O/c1-2-3-4-17-5-7-18(8-6-17)19-9-12-22-20(15-19)10-13-23(26(22)29)21-11-14-25(24(28)16-21)33-27(30,31)32/h9-18H,2-8H2,1H3. The van der Waals surface area contributed by atoms with Gasteiger partial charge in [-0.15, -0.1) is 13.2 Å². The number of fused-ring (bicyclic) bond motifs is 1. The Morgan fingerprint density at radius 1 is 0.909 bits per heavy atom. The van der Waals surface area contributed by atoms with Gasteiger partial charge in [-0.3, -0.25) is 0 Å². The zero-order valence-electron chi connectivity index (χ0n) is 18.5. The minimum Gasteiger partial charge on any atom is -0.403 e. The molecule has 0 radical (unpaired) electrons. The Bertz CT molecular complexity index is 1110. The van der Waals surface area contributed by atoms with Crippen LogP contribution in [0, 0.1) is 17.6 Å². The summed E-state index contributed by atoms with van der Waals surface area (Å²) in [5.41, 5.74) is 1.49. The molecule has 0 aliphatic heterocycles. The maximum atomic E-state index is 15.3. The summed E-state index contributed by atoms with van der Waals surface area (Å²) in [7, 11) is 0. The maximum absolute atomic E-state index is 15.3. The molecule has 33 heavy (non-hydrogen) atoms. The van der Waals surface area contributed by atoms with Crippen LogP contribution in [0.3, 0.4) is 0 Å². The second-order valence-corrected chi connectivity index (χ2v) is 8.96. The summed E-state index contributed by atoms with van der Waals surface area (Å²) in [6.07, 6.45) is 3.58. The summed E-state index contributed by atoms with van der Waals surface area (Å²) in [5.74, 6) is -1.37. The third-order valence-electron chi connectivity index (χ3n) is 6.73. The molecular formula is C27H27F5O. The quantitative estimate of drug-likeness (QED) is 0.332. The van der Waals surface area contributed by atoms with Gasteiger partial charge in [-0.1, -0.05) is 62.6 Å². The van der Waals surface area contributed by atoms with Crippen molar-refractivity contribution < 1.29 is 26.7 Å². The van der Waals surface area contributed by atoms with E-state index in [0.717, 1.165) is 36.3 Å². The Morgan fingerprint density at radius 3 is 2.33 bits per heavy atom. The molecule has 0 atom stereocenters. The molecule has 0 saturated heterocycles. The van der Waals surface area contributed by atoms with Gasteiger partial charge in [-0.25, -0.2) is 8.78 Å². The third-order valence-corrected chi connectivity index (χ3v) is 6.73. The van der Waals surface area contributed by atoms with Crippen molar-refractivity contribution in [2.45, 2.75) is 64.1 Å². The Kier molecular flexibility index (Phi) is 6.91. The van der Waals surface area contributed by atoms with Crippen LogP contribution in [0.15, 0.2) is 48.5 Å². The van der Waals surface area contributed by atoms with Crippen molar-refractivity contribution in [3.8, 4) is 16.9 Å². The van der Waals surface area contributed by atoms with E-state index in [2.05, 4.69) is 11.7 Å². The molecule has 0 aromatic heterocycles. The first kappa shape index (κ1) is 23.5. The van der Waals surface area contributed by atoms with E-state index in [1.165, 1.54) is 43.7 Å². The molecule has 176 valence electrons. The molecule has 0 spiro atoms. The van der Waals surface area contributed by atoms with E-state index in [1.54, 1.807) is 18.2 Å². The monoisotopic (exact) mass is 462 g/mol. The number of benzene rings is 3. The van der Waals surface area contributed by atoms with E-state index in [4.69, 9.17) is 0 Å². The minimum absolute atomic E-state index is 0.129. The summed E-state index contributed by atoms with van der Waals surface area (Å²) in [4.78, 5) is 0. The number of alkyl halides is 3. The SMILES string of the molecule is CCCCC1CCC(c2ccc3c(F)c(-c4ccc(OC(F)(F)F)c(F)c4)ccc3c2)CC1. The fourth-order valence-corrected chi connectivity index (χ4v) is 4.94. The second-order valence-electron chi connectivity index (χ2n) is 8.96. The minimum atomic E-state index is -5.00. The predicted molar refractivity (Wildman–Crippen MR) is 120 cm³/mol. The van der Waals surface area contributed by atoms with Gasteiger partial charge in [0.1, 0.15) is 5.82 Å². The average Bonchev–Trinajstić information content (AvgIpc) is 2.79. The smallest absolute Gasteiger partial charge is 0.403 e. The van der Waals surface area contributed by atoms with Gasteiger partial charge < -0.3 is 4.74 Å². The van der Waals surface area contributed by atoms with Crippen molar-refractivity contribution in [1.82, 2.24) is 0 Å². The number of ether oxygens (including phenoxy) is 1. The van der Waals surface area contributed by atoms with Crippen molar-refractivity contribution in [3.63, 3.8) is 0 Å². The van der Waals surface area contributed by atoms with Crippen LogP contribution in [0.5, 0.6) is 5.75 Å². The van der Waals surface area contributed by atoms with Crippen molar-refractivity contribution in [2.24, 2.45) is 5.92 Å². The maximum Gasteiger partial charge on any atom is 0.573 e. The molecule has 1 saturated carbocycles. The van der Waals surface area contributed by atoms with Crippen LogP contribution < -0.4 is 4.74 Å². The Labute approximate surface area is 190 Å². The van der Waals surface area contributed by atoms with E-state index >= 15 is 4.39 Å². The van der Waals surface area contributed by atoms with Crippen LogP contribution in [0.25, 0.3) is 21.9 Å². The molecule has 0 N–H and O–H groups in total. The molecule has 0 heterocycles. The first-order valence-electron chi connectivity index (χ1n) is 11.5. The van der Waals surface area contributed by atoms with Crippen LogP contribution in [0.4, 0.5) is 22.0 Å². The van der Waals surface area contributed by atoms with Crippen LogP contribution in [0.2, 0.25) is 0 Å². The highest BCUT2D eigenvalue weighted by Crippen LogP contribution is 2.39. The van der Waals surface area contributed by atoms with E-state index in [0.29, 0.717) is 11.3 Å². The number of hydrogen-bond acceptors (Lipinski definition) is 1. The largest absolute Gasteiger partial charge is 0.573 e. The van der Waals surface area contributed by atoms with Crippen LogP contribution >= 0.6 is 0 Å². The van der Waals surface area contributed by atoms with Crippen LogP contribution in [0.1, 0.15) is 63.4 Å². The Morgan fingerprint density at radius 2 is 1.67 bits per heavy atom. The van der Waals surface area contributed by atoms with Gasteiger partial charge in [0.2, 0.25) is 0 Å². The first-order chi connectivity index (χ1) is 15.7. The van der Waals surface area contributed by atoms with E-state index in [1.807, 2.05) is 12.1 Å². The lowest BCUT2D eigenvalue weighted by Gasteiger charge is -2.29. The molecule has 1 nitrogen and oxygen atoms in total. The Balaban J connectivity index is 1.55. The number of halogens is 5. The normalized spacial score (nSPS) is 19.1. The molecule has 3 aromatic carbocycles. The van der Waals surface area contributed by atoms with Gasteiger partial charge in [0.05, 0.1) is 0 Å². The summed E-state index contributed by atoms with van der Waals surface area (Å²) >= 11 is 0. The van der Waals surface area contributed by atoms with Gasteiger partial charge in [0, 0.05) is 10.9 Å². The van der Waals surface area contributed by atoms with Gasteiger partial charge in [-0.05, 0) is 66.2 Å². The zero-order valence-corrected chi connectivity index (χ0v) is 18.5. The molecular weight excluding hydrogens is 435 g/mol. The molecule has 3 aromatic rings. The van der Waals surface area contributed by atoms with Crippen molar-refractivity contribution >= 4 is 10.8 Å². The first-order valence-corrected chi connectivity index (χ1v) is 11.5. The van der Waals surface area contributed by atoms with E-state index < -0.39 is 23.7 Å². The number of rotatable bonds is 6. The molecule has 4 rings (SSSR count). The summed E-state index contributed by atoms with van der Waals surface area (Å²) in [6, 6.07) is 12.0. The average molecular weight is 463 g/mol. The fourth-order valence-electron chi connectivity index (χ4n) is 4.94. The molecule has 1 aliphatic rings.